The molecule has 2 atom stereocenters. The van der Waals surface area contributed by atoms with Crippen LogP contribution in [0, 0.1) is 11.8 Å². The van der Waals surface area contributed by atoms with Crippen molar-refractivity contribution in [1.29, 1.82) is 0 Å². The topological polar surface area (TPSA) is 87.7 Å². The normalized spacial score (nSPS) is 28.5. The van der Waals surface area contributed by atoms with Crippen molar-refractivity contribution in [3.8, 4) is 0 Å². The Morgan fingerprint density at radius 3 is 2.35 bits per heavy atom. The molecule has 2 unspecified atom stereocenters. The second kappa shape index (κ2) is 6.44. The van der Waals surface area contributed by atoms with Crippen LogP contribution in [-0.4, -0.2) is 29.8 Å². The Morgan fingerprint density at radius 2 is 1.82 bits per heavy atom. The van der Waals surface area contributed by atoms with Gasteiger partial charge < -0.3 is 10.4 Å². The van der Waals surface area contributed by atoms with Crippen LogP contribution in [0.2, 0.25) is 0 Å². The molecule has 0 heterocycles. The quantitative estimate of drug-likeness (QED) is 0.647. The van der Waals surface area contributed by atoms with Crippen LogP contribution in [0.3, 0.4) is 0 Å². The number of carboxylic acids is 1. The first-order valence-electron chi connectivity index (χ1n) is 5.87. The molecular formula is C11H20N2O4. The number of rotatable bonds is 4. The van der Waals surface area contributed by atoms with Gasteiger partial charge in [0, 0.05) is 6.04 Å². The van der Waals surface area contributed by atoms with Crippen LogP contribution in [-0.2, 0) is 9.63 Å². The van der Waals surface area contributed by atoms with Crippen LogP contribution in [0.25, 0.3) is 0 Å². The smallest absolute Gasteiger partial charge is 0.338 e. The fourth-order valence-electron chi connectivity index (χ4n) is 2.44. The Morgan fingerprint density at radius 1 is 1.24 bits per heavy atom. The number of urea groups is 1. The highest BCUT2D eigenvalue weighted by Crippen LogP contribution is 2.28. The van der Waals surface area contributed by atoms with E-state index < -0.39 is 18.6 Å². The molecule has 0 radical (unpaired) electrons. The monoisotopic (exact) mass is 244 g/mol. The van der Waals surface area contributed by atoms with Gasteiger partial charge in [-0.25, -0.2) is 15.1 Å². The largest absolute Gasteiger partial charge is 0.479 e. The van der Waals surface area contributed by atoms with E-state index >= 15 is 0 Å². The molecule has 1 fully saturated rings. The average molecular weight is 244 g/mol. The fourth-order valence-corrected chi connectivity index (χ4v) is 2.44. The molecule has 0 aromatic heterocycles. The zero-order valence-electron chi connectivity index (χ0n) is 10.2. The lowest BCUT2D eigenvalue weighted by Gasteiger charge is -2.31. The minimum absolute atomic E-state index is 0.141. The Hall–Kier alpha value is -1.30. The van der Waals surface area contributed by atoms with Gasteiger partial charge in [0.05, 0.1) is 0 Å². The van der Waals surface area contributed by atoms with Gasteiger partial charge in [0.25, 0.3) is 0 Å². The first-order chi connectivity index (χ1) is 7.97. The van der Waals surface area contributed by atoms with Gasteiger partial charge in [-0.3, -0.25) is 4.84 Å². The van der Waals surface area contributed by atoms with Gasteiger partial charge in [-0.2, -0.15) is 0 Å². The second-order valence-corrected chi connectivity index (χ2v) is 4.87. The van der Waals surface area contributed by atoms with Gasteiger partial charge in [0.15, 0.2) is 6.61 Å². The van der Waals surface area contributed by atoms with E-state index in [9.17, 15) is 9.59 Å². The molecule has 0 aromatic rings. The lowest BCUT2D eigenvalue weighted by molar-refractivity contribution is -0.144. The van der Waals surface area contributed by atoms with E-state index in [0.29, 0.717) is 11.8 Å². The van der Waals surface area contributed by atoms with Gasteiger partial charge in [-0.15, -0.1) is 0 Å². The van der Waals surface area contributed by atoms with Gasteiger partial charge in [-0.1, -0.05) is 13.8 Å². The van der Waals surface area contributed by atoms with Crippen molar-refractivity contribution in [1.82, 2.24) is 10.8 Å². The van der Waals surface area contributed by atoms with Gasteiger partial charge in [0.1, 0.15) is 0 Å². The van der Waals surface area contributed by atoms with Gasteiger partial charge in [-0.05, 0) is 31.1 Å². The van der Waals surface area contributed by atoms with Crippen LogP contribution in [0.1, 0.15) is 33.1 Å². The van der Waals surface area contributed by atoms with E-state index in [0.717, 1.165) is 12.8 Å². The lowest BCUT2D eigenvalue weighted by atomic mass is 9.80. The summed E-state index contributed by atoms with van der Waals surface area (Å²) in [6, 6.07) is -0.334. The standard InChI is InChI=1S/C11H20N2O4/c1-7-3-8(2)5-9(4-7)12-11(16)13-17-6-10(14)15/h7-9H,3-6H2,1-2H3,(H,14,15)(H2,12,13,16). The first kappa shape index (κ1) is 13.8. The molecule has 1 rings (SSSR count). The summed E-state index contributed by atoms with van der Waals surface area (Å²) < 4.78 is 0. The molecule has 1 aliphatic carbocycles. The number of nitrogens with one attached hydrogen (secondary N) is 2. The average Bonchev–Trinajstić information content (AvgIpc) is 2.14. The van der Waals surface area contributed by atoms with Crippen molar-refractivity contribution in [2.75, 3.05) is 6.61 Å². The highest BCUT2D eigenvalue weighted by Gasteiger charge is 2.24. The molecule has 1 aliphatic rings. The number of carboxylic acid groups (broad SMARTS) is 1. The van der Waals surface area contributed by atoms with Crippen LogP contribution >= 0.6 is 0 Å². The predicted molar refractivity (Wildman–Crippen MR) is 61.2 cm³/mol. The summed E-state index contributed by atoms with van der Waals surface area (Å²) in [7, 11) is 0. The van der Waals surface area contributed by atoms with Crippen molar-refractivity contribution in [2.24, 2.45) is 11.8 Å². The molecule has 3 N–H and O–H groups in total. The number of carbonyl (C=O) groups is 2. The minimum Gasteiger partial charge on any atom is -0.479 e. The molecule has 0 aliphatic heterocycles. The molecular weight excluding hydrogens is 224 g/mol. The Balaban J connectivity index is 2.23. The minimum atomic E-state index is -1.12. The van der Waals surface area contributed by atoms with Crippen LogP contribution in [0.15, 0.2) is 0 Å². The zero-order valence-corrected chi connectivity index (χ0v) is 10.2. The molecule has 2 amide bonds. The molecule has 0 spiro atoms. The number of hydroxylamine groups is 1. The summed E-state index contributed by atoms with van der Waals surface area (Å²) in [4.78, 5) is 26.0. The maximum Gasteiger partial charge on any atom is 0.338 e. The van der Waals surface area contributed by atoms with Gasteiger partial charge >= 0.3 is 12.0 Å². The molecule has 0 aromatic carbocycles. The van der Waals surface area contributed by atoms with E-state index in [1.807, 2.05) is 0 Å². The third-order valence-corrected chi connectivity index (χ3v) is 2.87. The highest BCUT2D eigenvalue weighted by atomic mass is 16.7. The lowest BCUT2D eigenvalue weighted by Crippen LogP contribution is -2.45. The number of hydrogen-bond donors (Lipinski definition) is 3. The Labute approximate surface area is 101 Å². The number of aliphatic carboxylic acids is 1. The van der Waals surface area contributed by atoms with Crippen molar-refractivity contribution < 1.29 is 19.5 Å². The van der Waals surface area contributed by atoms with Crippen molar-refractivity contribution in [2.45, 2.75) is 39.2 Å². The SMILES string of the molecule is CC1CC(C)CC(NC(=O)NOCC(=O)O)C1. The third kappa shape index (κ3) is 5.53. The molecule has 6 nitrogen and oxygen atoms in total. The van der Waals surface area contributed by atoms with Crippen LogP contribution < -0.4 is 10.8 Å². The van der Waals surface area contributed by atoms with Crippen LogP contribution in [0.5, 0.6) is 0 Å². The van der Waals surface area contributed by atoms with Crippen molar-refractivity contribution in [3.05, 3.63) is 0 Å². The zero-order chi connectivity index (χ0) is 12.8. The highest BCUT2D eigenvalue weighted by molar-refractivity contribution is 5.73. The second-order valence-electron chi connectivity index (χ2n) is 4.87. The van der Waals surface area contributed by atoms with E-state index in [4.69, 9.17) is 5.11 Å². The van der Waals surface area contributed by atoms with E-state index in [-0.39, 0.29) is 6.04 Å². The van der Waals surface area contributed by atoms with Crippen LogP contribution in [0.4, 0.5) is 4.79 Å². The summed E-state index contributed by atoms with van der Waals surface area (Å²) >= 11 is 0. The van der Waals surface area contributed by atoms with Crippen molar-refractivity contribution >= 4 is 12.0 Å². The maximum absolute atomic E-state index is 11.4. The van der Waals surface area contributed by atoms with E-state index in [2.05, 4.69) is 29.5 Å². The third-order valence-electron chi connectivity index (χ3n) is 2.87. The molecule has 6 heteroatoms. The summed E-state index contributed by atoms with van der Waals surface area (Å²) in [6.45, 7) is 3.80. The Bertz CT molecular complexity index is 273. The molecule has 0 saturated heterocycles. The molecule has 1 saturated carbocycles. The van der Waals surface area contributed by atoms with Crippen molar-refractivity contribution in [3.63, 3.8) is 0 Å². The first-order valence-corrected chi connectivity index (χ1v) is 5.87. The van der Waals surface area contributed by atoms with E-state index in [1.54, 1.807) is 0 Å². The maximum atomic E-state index is 11.4. The number of amides is 2. The summed E-state index contributed by atoms with van der Waals surface area (Å²) in [5.41, 5.74) is 2.06. The Kier molecular flexibility index (Phi) is 5.21. The summed E-state index contributed by atoms with van der Waals surface area (Å²) in [5, 5.41) is 11.1. The summed E-state index contributed by atoms with van der Waals surface area (Å²) in [6.07, 6.45) is 3.10. The molecule has 17 heavy (non-hydrogen) atoms. The van der Waals surface area contributed by atoms with E-state index in [1.165, 1.54) is 6.42 Å². The molecule has 98 valence electrons. The summed E-state index contributed by atoms with van der Waals surface area (Å²) in [5.74, 6) is 0.0817. The van der Waals surface area contributed by atoms with Gasteiger partial charge in [0.2, 0.25) is 0 Å². The predicted octanol–water partition coefficient (Wildman–Crippen LogP) is 1.13. The number of carbonyl (C=O) groups excluding carboxylic acids is 1. The molecule has 0 bridgehead atoms. The number of hydrogen-bond acceptors (Lipinski definition) is 3. The fraction of sp³-hybridized carbons (Fsp3) is 0.818.